The minimum absolute atomic E-state index is 0.00168. The lowest BCUT2D eigenvalue weighted by Gasteiger charge is -2.58. The highest BCUT2D eigenvalue weighted by molar-refractivity contribution is 5.89. The summed E-state index contributed by atoms with van der Waals surface area (Å²) in [5, 5.41) is 0. The molecule has 4 aliphatic rings. The topological polar surface area (TPSA) is 69.7 Å². The Hall–Kier alpha value is -2.69. The third-order valence-corrected chi connectivity index (χ3v) is 10.9. The summed E-state index contributed by atoms with van der Waals surface area (Å²) in [6.07, 6.45) is 9.55. The van der Waals surface area contributed by atoms with E-state index in [-0.39, 0.29) is 40.6 Å². The van der Waals surface area contributed by atoms with Crippen molar-refractivity contribution in [3.63, 3.8) is 0 Å². The standard InChI is InChI=1S/C33H42O5/c1-20-18-26-27(13-16-32(6)28(26)14-17-33(32,22(3)34)38-23(4)35)31(5)15-12-25(19-29(20)31)37-30(36)21(2)24-10-8-7-9-11-24/h7-11,18-19,21,25-28H,12-17H2,1-6H3/t21?,25-,26+,27-,28-,31+,32-,33-/m0/s1. The van der Waals surface area contributed by atoms with E-state index in [1.807, 2.05) is 37.3 Å². The molecule has 1 unspecified atom stereocenters. The minimum atomic E-state index is -1.02. The first-order valence-corrected chi connectivity index (χ1v) is 14.3. The highest BCUT2D eigenvalue weighted by Gasteiger charge is 2.67. The monoisotopic (exact) mass is 518 g/mol. The molecule has 5 heteroatoms. The summed E-state index contributed by atoms with van der Waals surface area (Å²) in [4.78, 5) is 38.1. The number of benzene rings is 1. The van der Waals surface area contributed by atoms with Crippen molar-refractivity contribution in [2.24, 2.45) is 28.6 Å². The van der Waals surface area contributed by atoms with E-state index in [9.17, 15) is 14.4 Å². The first-order valence-electron chi connectivity index (χ1n) is 14.3. The van der Waals surface area contributed by atoms with E-state index in [0.29, 0.717) is 24.2 Å². The highest BCUT2D eigenvalue weighted by atomic mass is 16.6. The number of fused-ring (bicyclic) bond motifs is 5. The molecule has 5 nitrogen and oxygen atoms in total. The van der Waals surface area contributed by atoms with Crippen molar-refractivity contribution in [2.45, 2.75) is 97.7 Å². The first-order chi connectivity index (χ1) is 17.9. The number of carbonyl (C=O) groups excluding carboxylic acids is 3. The van der Waals surface area contributed by atoms with Gasteiger partial charge in [-0.15, -0.1) is 0 Å². The quantitative estimate of drug-likeness (QED) is 0.405. The van der Waals surface area contributed by atoms with Crippen molar-refractivity contribution in [3.05, 3.63) is 59.2 Å². The molecule has 2 saturated carbocycles. The van der Waals surface area contributed by atoms with Gasteiger partial charge in [-0.1, -0.05) is 55.8 Å². The van der Waals surface area contributed by atoms with E-state index >= 15 is 0 Å². The number of carbonyl (C=O) groups is 3. The molecule has 0 aromatic heterocycles. The molecule has 8 atom stereocenters. The van der Waals surface area contributed by atoms with Gasteiger partial charge in [0.1, 0.15) is 6.10 Å². The van der Waals surface area contributed by atoms with Crippen LogP contribution in [-0.4, -0.2) is 29.4 Å². The second-order valence-corrected chi connectivity index (χ2v) is 12.8. The Balaban J connectivity index is 1.41. The zero-order valence-corrected chi connectivity index (χ0v) is 23.7. The summed E-state index contributed by atoms with van der Waals surface area (Å²) >= 11 is 0. The van der Waals surface area contributed by atoms with Crippen LogP contribution in [0.3, 0.4) is 0 Å². The number of rotatable bonds is 5. The Morgan fingerprint density at radius 1 is 0.921 bits per heavy atom. The molecule has 0 amide bonds. The molecule has 0 aliphatic heterocycles. The lowest BCUT2D eigenvalue weighted by atomic mass is 9.47. The Morgan fingerprint density at radius 3 is 2.26 bits per heavy atom. The van der Waals surface area contributed by atoms with Crippen molar-refractivity contribution in [1.82, 2.24) is 0 Å². The van der Waals surface area contributed by atoms with E-state index in [1.54, 1.807) is 6.92 Å². The molecule has 38 heavy (non-hydrogen) atoms. The van der Waals surface area contributed by atoms with Gasteiger partial charge in [0.05, 0.1) is 5.92 Å². The second-order valence-electron chi connectivity index (χ2n) is 12.8. The zero-order chi connectivity index (χ0) is 27.5. The van der Waals surface area contributed by atoms with Crippen LogP contribution in [0, 0.1) is 28.6 Å². The largest absolute Gasteiger partial charge is 0.458 e. The van der Waals surface area contributed by atoms with Gasteiger partial charge in [-0.05, 0) is 99.7 Å². The minimum Gasteiger partial charge on any atom is -0.458 e. The van der Waals surface area contributed by atoms with Gasteiger partial charge in [-0.3, -0.25) is 14.4 Å². The number of hydrogen-bond donors (Lipinski definition) is 0. The van der Waals surface area contributed by atoms with E-state index in [4.69, 9.17) is 9.47 Å². The van der Waals surface area contributed by atoms with Crippen LogP contribution in [0.1, 0.15) is 91.5 Å². The van der Waals surface area contributed by atoms with Gasteiger partial charge < -0.3 is 9.47 Å². The van der Waals surface area contributed by atoms with Crippen molar-refractivity contribution in [1.29, 1.82) is 0 Å². The van der Waals surface area contributed by atoms with Gasteiger partial charge in [0.25, 0.3) is 0 Å². The van der Waals surface area contributed by atoms with Gasteiger partial charge in [-0.2, -0.15) is 0 Å². The van der Waals surface area contributed by atoms with Crippen LogP contribution in [0.25, 0.3) is 0 Å². The highest BCUT2D eigenvalue weighted by Crippen LogP contribution is 2.68. The predicted octanol–water partition coefficient (Wildman–Crippen LogP) is 6.72. The van der Waals surface area contributed by atoms with Gasteiger partial charge in [-0.25, -0.2) is 0 Å². The van der Waals surface area contributed by atoms with Gasteiger partial charge >= 0.3 is 11.9 Å². The number of Topliss-reactive ketones (excluding diaryl/α,β-unsaturated/α-hetero) is 1. The lowest BCUT2D eigenvalue weighted by Crippen LogP contribution is -2.58. The fourth-order valence-electron chi connectivity index (χ4n) is 8.84. The molecule has 1 aromatic rings. The van der Waals surface area contributed by atoms with Crippen LogP contribution in [0.2, 0.25) is 0 Å². The average Bonchev–Trinajstić information content (AvgIpc) is 3.17. The lowest BCUT2D eigenvalue weighted by molar-refractivity contribution is -0.185. The molecule has 4 aliphatic carbocycles. The zero-order valence-electron chi connectivity index (χ0n) is 23.7. The van der Waals surface area contributed by atoms with Crippen molar-refractivity contribution in [2.75, 3.05) is 0 Å². The third kappa shape index (κ3) is 3.99. The molecule has 0 saturated heterocycles. The van der Waals surface area contributed by atoms with E-state index in [0.717, 1.165) is 37.7 Å². The maximum Gasteiger partial charge on any atom is 0.313 e. The maximum atomic E-state index is 13.0. The average molecular weight is 519 g/mol. The molecule has 0 N–H and O–H groups in total. The van der Waals surface area contributed by atoms with Crippen molar-refractivity contribution < 1.29 is 23.9 Å². The molecule has 2 fully saturated rings. The molecule has 1 aromatic carbocycles. The summed E-state index contributed by atoms with van der Waals surface area (Å²) < 4.78 is 11.9. The summed E-state index contributed by atoms with van der Waals surface area (Å²) in [6, 6.07) is 9.80. The SMILES string of the molecule is CC(=O)O[C@]1(C(C)=O)CC[C@H]2[C@@H]3C=C(C)C4=C[C@@H](OC(=O)C(C)c5ccccc5)CC[C@]4(C)[C@H]3CC[C@@]21C. The molecule has 0 radical (unpaired) electrons. The van der Waals surface area contributed by atoms with Crippen LogP contribution in [0.5, 0.6) is 0 Å². The van der Waals surface area contributed by atoms with Crippen molar-refractivity contribution in [3.8, 4) is 0 Å². The van der Waals surface area contributed by atoms with Gasteiger partial charge in [0.2, 0.25) is 0 Å². The van der Waals surface area contributed by atoms with Crippen LogP contribution in [0.4, 0.5) is 0 Å². The molecule has 0 spiro atoms. The molecular formula is C33H42O5. The fourth-order valence-corrected chi connectivity index (χ4v) is 8.84. The summed E-state index contributed by atoms with van der Waals surface area (Å²) in [5.74, 6) is 0.216. The number of ketones is 1. The normalized spacial score (nSPS) is 38.5. The smallest absolute Gasteiger partial charge is 0.313 e. The Morgan fingerprint density at radius 2 is 1.61 bits per heavy atom. The number of hydrogen-bond acceptors (Lipinski definition) is 5. The summed E-state index contributed by atoms with van der Waals surface area (Å²) in [5.41, 5.74) is 2.16. The van der Waals surface area contributed by atoms with Crippen LogP contribution in [0.15, 0.2) is 53.6 Å². The van der Waals surface area contributed by atoms with Crippen molar-refractivity contribution >= 4 is 17.7 Å². The molecule has 0 heterocycles. The number of allylic oxidation sites excluding steroid dienone is 3. The summed E-state index contributed by atoms with van der Waals surface area (Å²) in [7, 11) is 0. The number of esters is 2. The molecule has 0 bridgehead atoms. The van der Waals surface area contributed by atoms with Crippen LogP contribution >= 0.6 is 0 Å². The summed E-state index contributed by atoms with van der Waals surface area (Å²) in [6.45, 7) is 11.7. The van der Waals surface area contributed by atoms with E-state index in [1.165, 1.54) is 18.1 Å². The fraction of sp³-hybridized carbons (Fsp3) is 0.606. The third-order valence-electron chi connectivity index (χ3n) is 10.9. The number of ether oxygens (including phenoxy) is 2. The molecular weight excluding hydrogens is 476 g/mol. The maximum absolute atomic E-state index is 13.0. The Bertz CT molecular complexity index is 1200. The van der Waals surface area contributed by atoms with Gasteiger partial charge in [0.15, 0.2) is 11.4 Å². The predicted molar refractivity (Wildman–Crippen MR) is 146 cm³/mol. The van der Waals surface area contributed by atoms with Crippen LogP contribution in [-0.2, 0) is 23.9 Å². The Labute approximate surface area is 227 Å². The molecule has 5 rings (SSSR count). The second kappa shape index (κ2) is 9.50. The Kier molecular flexibility index (Phi) is 6.72. The van der Waals surface area contributed by atoms with Crippen LogP contribution < -0.4 is 0 Å². The first kappa shape index (κ1) is 26.9. The van der Waals surface area contributed by atoms with E-state index < -0.39 is 5.60 Å². The molecule has 204 valence electrons. The van der Waals surface area contributed by atoms with E-state index in [2.05, 4.69) is 32.9 Å². The van der Waals surface area contributed by atoms with Gasteiger partial charge in [0, 0.05) is 12.3 Å².